The number of rotatable bonds is 2. The predicted molar refractivity (Wildman–Crippen MR) is 57.8 cm³/mol. The molecule has 4 unspecified atom stereocenters. The van der Waals surface area contributed by atoms with Crippen LogP contribution < -0.4 is 10.6 Å². The van der Waals surface area contributed by atoms with E-state index in [2.05, 4.69) is 50.7 Å². The van der Waals surface area contributed by atoms with Gasteiger partial charge in [-0.05, 0) is 32.4 Å². The predicted octanol–water partition coefficient (Wildman–Crippen LogP) is 1.39. The van der Waals surface area contributed by atoms with Crippen molar-refractivity contribution in [1.82, 2.24) is 10.6 Å². The molecule has 13 heavy (non-hydrogen) atoms. The van der Waals surface area contributed by atoms with Gasteiger partial charge in [0.1, 0.15) is 0 Å². The van der Waals surface area contributed by atoms with Gasteiger partial charge in [0.05, 0.1) is 0 Å². The van der Waals surface area contributed by atoms with Crippen molar-refractivity contribution in [1.29, 1.82) is 0 Å². The zero-order valence-electron chi connectivity index (χ0n) is 9.17. The summed E-state index contributed by atoms with van der Waals surface area (Å²) in [4.78, 5) is 0. The highest BCUT2D eigenvalue weighted by atomic mass is 15.0. The summed E-state index contributed by atoms with van der Waals surface area (Å²) < 4.78 is 0. The molecule has 0 aliphatic heterocycles. The van der Waals surface area contributed by atoms with Crippen molar-refractivity contribution >= 4 is 0 Å². The Kier molecular flexibility index (Phi) is 3.94. The average molecular weight is 182 g/mol. The molecule has 0 amide bonds. The van der Waals surface area contributed by atoms with E-state index in [9.17, 15) is 0 Å². The molecular weight excluding hydrogens is 160 g/mol. The van der Waals surface area contributed by atoms with Crippen molar-refractivity contribution in [3.8, 4) is 0 Å². The maximum Gasteiger partial charge on any atom is 0.0278 e. The van der Waals surface area contributed by atoms with E-state index in [0.29, 0.717) is 23.9 Å². The first kappa shape index (κ1) is 10.7. The zero-order chi connectivity index (χ0) is 9.84. The molecule has 0 bridgehead atoms. The topological polar surface area (TPSA) is 24.1 Å². The lowest BCUT2D eigenvalue weighted by Crippen LogP contribution is -2.48. The monoisotopic (exact) mass is 182 g/mol. The van der Waals surface area contributed by atoms with Gasteiger partial charge in [0.25, 0.3) is 0 Å². The van der Waals surface area contributed by atoms with Crippen LogP contribution in [-0.4, -0.2) is 26.2 Å². The van der Waals surface area contributed by atoms with Crippen LogP contribution in [0.5, 0.6) is 0 Å². The first-order valence-electron chi connectivity index (χ1n) is 5.22. The van der Waals surface area contributed by atoms with Crippen molar-refractivity contribution in [2.45, 2.75) is 32.4 Å². The zero-order valence-corrected chi connectivity index (χ0v) is 9.17. The van der Waals surface area contributed by atoms with Crippen LogP contribution in [0, 0.1) is 11.8 Å². The summed E-state index contributed by atoms with van der Waals surface area (Å²) >= 11 is 0. The SMILES string of the molecule is CNC1CC(C)C=CC(C)C1NC. The lowest BCUT2D eigenvalue weighted by atomic mass is 9.93. The number of nitrogens with one attached hydrogen (secondary N) is 2. The third kappa shape index (κ3) is 2.55. The molecule has 0 saturated heterocycles. The number of likely N-dealkylation sites (N-methyl/N-ethyl adjacent to an activating group) is 2. The Balaban J connectivity index is 2.72. The van der Waals surface area contributed by atoms with Gasteiger partial charge in [-0.3, -0.25) is 0 Å². The van der Waals surface area contributed by atoms with Gasteiger partial charge < -0.3 is 10.6 Å². The van der Waals surface area contributed by atoms with Gasteiger partial charge in [0, 0.05) is 12.1 Å². The summed E-state index contributed by atoms with van der Waals surface area (Å²) in [5.41, 5.74) is 0. The van der Waals surface area contributed by atoms with E-state index in [4.69, 9.17) is 0 Å². The molecule has 0 aromatic heterocycles. The Bertz CT molecular complexity index is 177. The van der Waals surface area contributed by atoms with Crippen LogP contribution in [0.3, 0.4) is 0 Å². The van der Waals surface area contributed by atoms with Gasteiger partial charge in [0.15, 0.2) is 0 Å². The molecule has 0 heterocycles. The molecule has 0 saturated carbocycles. The molecule has 0 fully saturated rings. The first-order valence-corrected chi connectivity index (χ1v) is 5.22. The molecule has 0 radical (unpaired) electrons. The summed E-state index contributed by atoms with van der Waals surface area (Å²) in [7, 11) is 4.11. The summed E-state index contributed by atoms with van der Waals surface area (Å²) in [5, 5.41) is 6.80. The standard InChI is InChI=1S/C11H22N2/c1-8-5-6-9(2)11(13-4)10(7-8)12-3/h5-6,8-13H,7H2,1-4H3. The first-order chi connectivity index (χ1) is 6.19. The lowest BCUT2D eigenvalue weighted by molar-refractivity contribution is 0.329. The maximum absolute atomic E-state index is 3.40. The van der Waals surface area contributed by atoms with Gasteiger partial charge in [-0.25, -0.2) is 0 Å². The summed E-state index contributed by atoms with van der Waals surface area (Å²) in [6.45, 7) is 4.56. The fourth-order valence-corrected chi connectivity index (χ4v) is 2.24. The van der Waals surface area contributed by atoms with Crippen LogP contribution in [-0.2, 0) is 0 Å². The van der Waals surface area contributed by atoms with Crippen molar-refractivity contribution in [3.05, 3.63) is 12.2 Å². The summed E-state index contributed by atoms with van der Waals surface area (Å²) in [6, 6.07) is 1.15. The fraction of sp³-hybridized carbons (Fsp3) is 0.818. The largest absolute Gasteiger partial charge is 0.315 e. The molecule has 1 rings (SSSR count). The molecular formula is C11H22N2. The van der Waals surface area contributed by atoms with E-state index in [1.165, 1.54) is 6.42 Å². The Hall–Kier alpha value is -0.340. The van der Waals surface area contributed by atoms with E-state index in [1.54, 1.807) is 0 Å². The fourth-order valence-electron chi connectivity index (χ4n) is 2.24. The minimum atomic E-state index is 0.561. The summed E-state index contributed by atoms with van der Waals surface area (Å²) in [5.74, 6) is 1.31. The maximum atomic E-state index is 3.40. The normalized spacial score (nSPS) is 40.3. The highest BCUT2D eigenvalue weighted by Crippen LogP contribution is 2.21. The molecule has 2 heteroatoms. The Labute approximate surface area is 81.8 Å². The van der Waals surface area contributed by atoms with Gasteiger partial charge in [-0.15, -0.1) is 0 Å². The molecule has 4 atom stereocenters. The molecule has 2 N–H and O–H groups in total. The second kappa shape index (κ2) is 4.77. The number of allylic oxidation sites excluding steroid dienone is 1. The molecule has 0 aromatic rings. The van der Waals surface area contributed by atoms with E-state index < -0.39 is 0 Å². The average Bonchev–Trinajstić information content (AvgIpc) is 2.26. The van der Waals surface area contributed by atoms with E-state index in [-0.39, 0.29) is 0 Å². The van der Waals surface area contributed by atoms with E-state index in [1.807, 2.05) is 0 Å². The van der Waals surface area contributed by atoms with Crippen LogP contribution in [0.25, 0.3) is 0 Å². The molecule has 76 valence electrons. The van der Waals surface area contributed by atoms with Crippen molar-refractivity contribution in [3.63, 3.8) is 0 Å². The van der Waals surface area contributed by atoms with E-state index >= 15 is 0 Å². The van der Waals surface area contributed by atoms with Gasteiger partial charge >= 0.3 is 0 Å². The van der Waals surface area contributed by atoms with Crippen LogP contribution >= 0.6 is 0 Å². The quantitative estimate of drug-likeness (QED) is 0.631. The van der Waals surface area contributed by atoms with Crippen LogP contribution in [0.4, 0.5) is 0 Å². The smallest absolute Gasteiger partial charge is 0.0278 e. The highest BCUT2D eigenvalue weighted by molar-refractivity contribution is 5.03. The van der Waals surface area contributed by atoms with Crippen molar-refractivity contribution in [2.75, 3.05) is 14.1 Å². The minimum Gasteiger partial charge on any atom is -0.315 e. The van der Waals surface area contributed by atoms with Gasteiger partial charge in [0.2, 0.25) is 0 Å². The highest BCUT2D eigenvalue weighted by Gasteiger charge is 2.26. The van der Waals surface area contributed by atoms with Crippen molar-refractivity contribution in [2.24, 2.45) is 11.8 Å². The molecule has 0 spiro atoms. The summed E-state index contributed by atoms with van der Waals surface area (Å²) in [6.07, 6.45) is 5.90. The van der Waals surface area contributed by atoms with Crippen LogP contribution in [0.2, 0.25) is 0 Å². The van der Waals surface area contributed by atoms with E-state index in [0.717, 1.165) is 0 Å². The van der Waals surface area contributed by atoms with Crippen molar-refractivity contribution < 1.29 is 0 Å². The van der Waals surface area contributed by atoms with Gasteiger partial charge in [-0.2, -0.15) is 0 Å². The van der Waals surface area contributed by atoms with Crippen LogP contribution in [0.15, 0.2) is 12.2 Å². The van der Waals surface area contributed by atoms with Gasteiger partial charge in [-0.1, -0.05) is 26.0 Å². The number of hydrogen-bond donors (Lipinski definition) is 2. The molecule has 1 aliphatic carbocycles. The Morgan fingerprint density at radius 2 is 1.77 bits per heavy atom. The number of hydrogen-bond acceptors (Lipinski definition) is 2. The minimum absolute atomic E-state index is 0.561. The third-order valence-electron chi connectivity index (χ3n) is 3.07. The lowest BCUT2D eigenvalue weighted by Gasteiger charge is -2.29. The Morgan fingerprint density at radius 3 is 2.31 bits per heavy atom. The molecule has 0 aromatic carbocycles. The molecule has 2 nitrogen and oxygen atoms in total. The second-order valence-electron chi connectivity index (χ2n) is 4.17. The Morgan fingerprint density at radius 1 is 1.08 bits per heavy atom. The molecule has 1 aliphatic rings. The third-order valence-corrected chi connectivity index (χ3v) is 3.07. The van der Waals surface area contributed by atoms with Crippen LogP contribution in [0.1, 0.15) is 20.3 Å². The second-order valence-corrected chi connectivity index (χ2v) is 4.17.